The highest BCUT2D eigenvalue weighted by molar-refractivity contribution is 5.46. The number of hydrogen-bond acceptors (Lipinski definition) is 1. The molecule has 3 rings (SSSR count). The van der Waals surface area contributed by atoms with E-state index in [0.717, 1.165) is 12.8 Å². The zero-order valence-corrected chi connectivity index (χ0v) is 13.0. The van der Waals surface area contributed by atoms with Crippen molar-refractivity contribution in [2.45, 2.75) is 50.7 Å². The highest BCUT2D eigenvalue weighted by Gasteiger charge is 2.69. The first-order chi connectivity index (χ1) is 10.3. The quantitative estimate of drug-likeness (QED) is 0.654. The molecule has 1 fully saturated rings. The van der Waals surface area contributed by atoms with E-state index in [-0.39, 0.29) is 11.2 Å². The van der Waals surface area contributed by atoms with E-state index < -0.39 is 0 Å². The van der Waals surface area contributed by atoms with E-state index in [0.29, 0.717) is 0 Å². The Labute approximate surface area is 128 Å². The molecule has 0 aromatic heterocycles. The van der Waals surface area contributed by atoms with Gasteiger partial charge in [0.25, 0.3) is 0 Å². The number of unbranched alkanes of at least 4 members (excludes halogenated alkanes) is 1. The van der Waals surface area contributed by atoms with Crippen LogP contribution in [0.4, 0.5) is 0 Å². The first-order valence-electron chi connectivity index (χ1n) is 8.10. The molecule has 1 heteroatoms. The van der Waals surface area contributed by atoms with Crippen molar-refractivity contribution in [1.29, 1.82) is 0 Å². The zero-order chi connectivity index (χ0) is 14.8. The van der Waals surface area contributed by atoms with Gasteiger partial charge in [-0.15, -0.1) is 0 Å². The van der Waals surface area contributed by atoms with Crippen molar-refractivity contribution >= 4 is 0 Å². The summed E-state index contributed by atoms with van der Waals surface area (Å²) in [5, 5.41) is 0. The van der Waals surface area contributed by atoms with Crippen LogP contribution in [0.2, 0.25) is 0 Å². The van der Waals surface area contributed by atoms with Crippen molar-refractivity contribution in [3.63, 3.8) is 0 Å². The second-order valence-electron chi connectivity index (χ2n) is 5.97. The molecule has 0 saturated carbocycles. The zero-order valence-electron chi connectivity index (χ0n) is 13.0. The molecule has 110 valence electrons. The smallest absolute Gasteiger partial charge is 0.148 e. The second-order valence-corrected chi connectivity index (χ2v) is 5.97. The maximum Gasteiger partial charge on any atom is 0.148 e. The summed E-state index contributed by atoms with van der Waals surface area (Å²) in [6.45, 7) is 4.50. The third-order valence-electron chi connectivity index (χ3n) is 4.81. The van der Waals surface area contributed by atoms with E-state index in [1.54, 1.807) is 0 Å². The Bertz CT molecular complexity index is 536. The molecule has 0 bridgehead atoms. The van der Waals surface area contributed by atoms with E-state index in [4.69, 9.17) is 4.74 Å². The first-order valence-corrected chi connectivity index (χ1v) is 8.10. The summed E-state index contributed by atoms with van der Waals surface area (Å²) in [5.74, 6) is 0. The number of hydrogen-bond donors (Lipinski definition) is 0. The van der Waals surface area contributed by atoms with Gasteiger partial charge >= 0.3 is 0 Å². The van der Waals surface area contributed by atoms with Crippen LogP contribution >= 0.6 is 0 Å². The van der Waals surface area contributed by atoms with Gasteiger partial charge in [0.2, 0.25) is 0 Å². The van der Waals surface area contributed by atoms with E-state index in [2.05, 4.69) is 74.5 Å². The minimum absolute atomic E-state index is 0.0360. The van der Waals surface area contributed by atoms with Gasteiger partial charge in [-0.05, 0) is 24.0 Å². The molecule has 0 aliphatic carbocycles. The minimum atomic E-state index is -0.251. The molecule has 1 aliphatic heterocycles. The van der Waals surface area contributed by atoms with Crippen LogP contribution in [0.1, 0.15) is 50.7 Å². The summed E-state index contributed by atoms with van der Waals surface area (Å²) in [6, 6.07) is 21.4. The van der Waals surface area contributed by atoms with E-state index in [1.807, 2.05) is 0 Å². The van der Waals surface area contributed by atoms with Crippen LogP contribution in [0.15, 0.2) is 60.7 Å². The molecular formula is C20H24O. The Hall–Kier alpha value is -1.60. The van der Waals surface area contributed by atoms with Gasteiger partial charge in [0.15, 0.2) is 0 Å². The lowest BCUT2D eigenvalue weighted by Crippen LogP contribution is -2.25. The molecule has 0 amide bonds. The van der Waals surface area contributed by atoms with Crippen LogP contribution < -0.4 is 0 Å². The predicted molar refractivity (Wildman–Crippen MR) is 87.3 cm³/mol. The average Bonchev–Trinajstić information content (AvgIpc) is 3.25. The molecule has 1 atom stereocenters. The molecule has 0 spiro atoms. The van der Waals surface area contributed by atoms with Gasteiger partial charge in [0, 0.05) is 0 Å². The highest BCUT2D eigenvalue weighted by atomic mass is 16.6. The fraction of sp³-hybridized carbons (Fsp3) is 0.400. The topological polar surface area (TPSA) is 12.5 Å². The molecule has 2 aromatic rings. The first kappa shape index (κ1) is 14.3. The number of epoxide rings is 1. The SMILES string of the molecule is CCCCC1(CC)OC1(c1ccccc1)c1ccccc1. The summed E-state index contributed by atoms with van der Waals surface area (Å²) in [4.78, 5) is 0. The van der Waals surface area contributed by atoms with Crippen molar-refractivity contribution in [3.8, 4) is 0 Å². The van der Waals surface area contributed by atoms with Gasteiger partial charge in [-0.1, -0.05) is 87.4 Å². The van der Waals surface area contributed by atoms with Crippen LogP contribution in [0.3, 0.4) is 0 Å². The van der Waals surface area contributed by atoms with Crippen LogP contribution in [-0.2, 0) is 10.3 Å². The number of rotatable bonds is 6. The molecule has 2 aromatic carbocycles. The maximum atomic E-state index is 6.52. The van der Waals surface area contributed by atoms with Crippen molar-refractivity contribution in [3.05, 3.63) is 71.8 Å². The van der Waals surface area contributed by atoms with Crippen molar-refractivity contribution in [2.75, 3.05) is 0 Å². The van der Waals surface area contributed by atoms with E-state index >= 15 is 0 Å². The van der Waals surface area contributed by atoms with Gasteiger partial charge < -0.3 is 4.74 Å². The Kier molecular flexibility index (Phi) is 3.86. The van der Waals surface area contributed by atoms with Crippen molar-refractivity contribution < 1.29 is 4.74 Å². The van der Waals surface area contributed by atoms with Gasteiger partial charge in [-0.2, -0.15) is 0 Å². The molecule has 21 heavy (non-hydrogen) atoms. The van der Waals surface area contributed by atoms with Gasteiger partial charge in [0.05, 0.1) is 0 Å². The molecule has 0 N–H and O–H groups in total. The summed E-state index contributed by atoms with van der Waals surface area (Å²) in [5.41, 5.74) is 2.29. The largest absolute Gasteiger partial charge is 0.352 e. The van der Waals surface area contributed by atoms with Crippen molar-refractivity contribution in [1.82, 2.24) is 0 Å². The highest BCUT2D eigenvalue weighted by Crippen LogP contribution is 2.63. The fourth-order valence-corrected chi connectivity index (χ4v) is 3.61. The molecule has 1 unspecified atom stereocenters. The molecule has 1 nitrogen and oxygen atoms in total. The lowest BCUT2D eigenvalue weighted by atomic mass is 9.77. The number of benzene rings is 2. The standard InChI is InChI=1S/C20H24O/c1-3-5-16-19(4-2)20(21-19,17-12-8-6-9-13-17)18-14-10-7-11-15-18/h6-15H,3-5,16H2,1-2H3. The lowest BCUT2D eigenvalue weighted by Gasteiger charge is -2.20. The van der Waals surface area contributed by atoms with Crippen molar-refractivity contribution in [2.24, 2.45) is 0 Å². The Balaban J connectivity index is 2.07. The summed E-state index contributed by atoms with van der Waals surface area (Å²) < 4.78 is 6.52. The minimum Gasteiger partial charge on any atom is -0.352 e. The van der Waals surface area contributed by atoms with Crippen LogP contribution in [-0.4, -0.2) is 5.60 Å². The maximum absolute atomic E-state index is 6.52. The monoisotopic (exact) mass is 280 g/mol. The van der Waals surface area contributed by atoms with Crippen LogP contribution in [0.5, 0.6) is 0 Å². The Morgan fingerprint density at radius 3 is 1.76 bits per heavy atom. The fourth-order valence-electron chi connectivity index (χ4n) is 3.61. The van der Waals surface area contributed by atoms with Gasteiger partial charge in [0.1, 0.15) is 11.2 Å². The van der Waals surface area contributed by atoms with Gasteiger partial charge in [-0.3, -0.25) is 0 Å². The molecular weight excluding hydrogens is 256 g/mol. The lowest BCUT2D eigenvalue weighted by molar-refractivity contribution is 0.257. The third kappa shape index (κ3) is 2.20. The summed E-state index contributed by atoms with van der Waals surface area (Å²) in [6.07, 6.45) is 4.61. The molecule has 1 saturated heterocycles. The normalized spacial score (nSPS) is 23.0. The average molecular weight is 280 g/mol. The molecule has 1 heterocycles. The van der Waals surface area contributed by atoms with Gasteiger partial charge in [-0.25, -0.2) is 0 Å². The summed E-state index contributed by atoms with van der Waals surface area (Å²) >= 11 is 0. The van der Waals surface area contributed by atoms with E-state index in [9.17, 15) is 0 Å². The predicted octanol–water partition coefficient (Wildman–Crippen LogP) is 5.30. The molecule has 0 radical (unpaired) electrons. The Morgan fingerprint density at radius 2 is 1.33 bits per heavy atom. The molecule has 1 aliphatic rings. The Morgan fingerprint density at radius 1 is 0.810 bits per heavy atom. The van der Waals surface area contributed by atoms with Crippen LogP contribution in [0.25, 0.3) is 0 Å². The van der Waals surface area contributed by atoms with E-state index in [1.165, 1.54) is 24.0 Å². The number of ether oxygens (including phenoxy) is 1. The second kappa shape index (κ2) is 5.65. The summed E-state index contributed by atoms with van der Waals surface area (Å²) in [7, 11) is 0. The third-order valence-corrected chi connectivity index (χ3v) is 4.81. The van der Waals surface area contributed by atoms with Crippen LogP contribution in [0, 0.1) is 0 Å².